The highest BCUT2D eigenvalue weighted by Gasteiger charge is 2.38. The van der Waals surface area contributed by atoms with Crippen LogP contribution in [0.15, 0.2) is 36.0 Å². The third-order valence-electron chi connectivity index (χ3n) is 2.74. The van der Waals surface area contributed by atoms with Crippen molar-refractivity contribution in [1.29, 1.82) is 0 Å². The second-order valence-corrected chi connectivity index (χ2v) is 5.31. The number of cyclic esters (lactones) is 2. The summed E-state index contributed by atoms with van der Waals surface area (Å²) in [6.45, 7) is 1.40. The van der Waals surface area contributed by atoms with Crippen molar-refractivity contribution < 1.29 is 37.0 Å². The molecule has 0 bridgehead atoms. The number of hydrogen-bond acceptors (Lipinski definition) is 6. The Morgan fingerprint density at radius 3 is 2.42 bits per heavy atom. The van der Waals surface area contributed by atoms with Crippen LogP contribution in [0.4, 0.5) is 18.9 Å². The molecule has 1 aromatic rings. The van der Waals surface area contributed by atoms with Crippen molar-refractivity contribution in [2.24, 2.45) is 0 Å². The highest BCUT2D eigenvalue weighted by atomic mass is 19.4. The largest absolute Gasteiger partial charge is 0.484 e. The van der Waals surface area contributed by atoms with E-state index < -0.39 is 30.5 Å². The van der Waals surface area contributed by atoms with Crippen molar-refractivity contribution in [2.45, 2.75) is 25.8 Å². The zero-order valence-electron chi connectivity index (χ0n) is 12.8. The number of ether oxygens (including phenoxy) is 3. The Hall–Kier alpha value is -2.71. The maximum absolute atomic E-state index is 12.1. The topological polar surface area (TPSA) is 73.9 Å². The normalized spacial score (nSPS) is 17.0. The number of hydrogen-bond donors (Lipinski definition) is 1. The van der Waals surface area contributed by atoms with Crippen LogP contribution in [0.3, 0.4) is 0 Å². The lowest BCUT2D eigenvalue weighted by Gasteiger charge is -2.29. The number of halogens is 3. The molecule has 0 radical (unpaired) electrons. The standard InChI is InChI=1S/C15H14F3NO5/c1-14(2)23-12(20)11(13(21)24-14)7-19-9-4-3-5-10(6-9)22-8-15(16,17)18/h3-7,19H,8H2,1-2H3. The lowest BCUT2D eigenvalue weighted by Crippen LogP contribution is -2.42. The van der Waals surface area contributed by atoms with Crippen LogP contribution in [0.1, 0.15) is 13.8 Å². The van der Waals surface area contributed by atoms with Crippen LogP contribution in [0, 0.1) is 0 Å². The van der Waals surface area contributed by atoms with E-state index in [1.807, 2.05) is 0 Å². The third kappa shape index (κ3) is 4.90. The minimum atomic E-state index is -4.45. The highest BCUT2D eigenvalue weighted by Crippen LogP contribution is 2.24. The molecule has 0 saturated carbocycles. The Morgan fingerprint density at radius 2 is 1.83 bits per heavy atom. The number of nitrogens with one attached hydrogen (secondary N) is 1. The molecule has 1 fully saturated rings. The van der Waals surface area contributed by atoms with Crippen molar-refractivity contribution in [3.05, 3.63) is 36.0 Å². The Balaban J connectivity index is 2.06. The summed E-state index contributed by atoms with van der Waals surface area (Å²) in [4.78, 5) is 23.5. The van der Waals surface area contributed by atoms with Crippen molar-refractivity contribution in [3.63, 3.8) is 0 Å². The fourth-order valence-corrected chi connectivity index (χ4v) is 1.77. The monoisotopic (exact) mass is 345 g/mol. The fraction of sp³-hybridized carbons (Fsp3) is 0.333. The van der Waals surface area contributed by atoms with Crippen LogP contribution in [0.25, 0.3) is 0 Å². The van der Waals surface area contributed by atoms with Gasteiger partial charge in [-0.3, -0.25) is 0 Å². The molecule has 0 atom stereocenters. The van der Waals surface area contributed by atoms with Gasteiger partial charge >= 0.3 is 18.1 Å². The van der Waals surface area contributed by atoms with Gasteiger partial charge in [0.05, 0.1) is 0 Å². The molecule has 1 N–H and O–H groups in total. The minimum Gasteiger partial charge on any atom is -0.484 e. The smallest absolute Gasteiger partial charge is 0.422 e. The molecule has 0 aromatic heterocycles. The van der Waals surface area contributed by atoms with Gasteiger partial charge in [-0.1, -0.05) is 6.07 Å². The number of rotatable bonds is 4. The van der Waals surface area contributed by atoms with E-state index in [-0.39, 0.29) is 11.3 Å². The zero-order chi connectivity index (χ0) is 18.0. The van der Waals surface area contributed by atoms with Gasteiger partial charge in [-0.25, -0.2) is 9.59 Å². The first kappa shape index (κ1) is 17.6. The third-order valence-corrected chi connectivity index (χ3v) is 2.74. The maximum atomic E-state index is 12.1. The Labute approximate surface area is 135 Å². The maximum Gasteiger partial charge on any atom is 0.422 e. The number of benzene rings is 1. The molecule has 1 heterocycles. The van der Waals surface area contributed by atoms with Crippen molar-refractivity contribution in [2.75, 3.05) is 11.9 Å². The fourth-order valence-electron chi connectivity index (χ4n) is 1.77. The van der Waals surface area contributed by atoms with Crippen LogP contribution in [0.5, 0.6) is 5.75 Å². The van der Waals surface area contributed by atoms with E-state index >= 15 is 0 Å². The molecule has 1 saturated heterocycles. The SMILES string of the molecule is CC1(C)OC(=O)C(=CNc2cccc(OCC(F)(F)F)c2)C(=O)O1. The summed E-state index contributed by atoms with van der Waals surface area (Å²) in [7, 11) is 0. The van der Waals surface area contributed by atoms with E-state index in [4.69, 9.17) is 9.47 Å². The average molecular weight is 345 g/mol. The molecular weight excluding hydrogens is 331 g/mol. The molecule has 0 amide bonds. The molecule has 1 aliphatic rings. The second-order valence-electron chi connectivity index (χ2n) is 5.31. The molecule has 1 aliphatic heterocycles. The summed E-state index contributed by atoms with van der Waals surface area (Å²) in [6, 6.07) is 5.59. The number of esters is 2. The van der Waals surface area contributed by atoms with Crippen molar-refractivity contribution in [1.82, 2.24) is 0 Å². The predicted molar refractivity (Wildman–Crippen MR) is 76.0 cm³/mol. The lowest BCUT2D eigenvalue weighted by atomic mass is 10.2. The first-order chi connectivity index (χ1) is 11.1. The van der Waals surface area contributed by atoms with E-state index in [9.17, 15) is 22.8 Å². The van der Waals surface area contributed by atoms with Gasteiger partial charge in [0.15, 0.2) is 12.2 Å². The minimum absolute atomic E-state index is 0.0225. The first-order valence-corrected chi connectivity index (χ1v) is 6.79. The van der Waals surface area contributed by atoms with Crippen LogP contribution < -0.4 is 10.1 Å². The number of alkyl halides is 3. The van der Waals surface area contributed by atoms with E-state index in [2.05, 4.69) is 10.1 Å². The second kappa shape index (κ2) is 6.42. The van der Waals surface area contributed by atoms with E-state index in [0.717, 1.165) is 6.20 Å². The van der Waals surface area contributed by atoms with Gasteiger partial charge in [-0.15, -0.1) is 0 Å². The van der Waals surface area contributed by atoms with Crippen LogP contribution in [-0.2, 0) is 19.1 Å². The summed E-state index contributed by atoms with van der Waals surface area (Å²) >= 11 is 0. The molecule has 9 heteroatoms. The number of carbonyl (C=O) groups is 2. The molecule has 0 aliphatic carbocycles. The number of anilines is 1. The van der Waals surface area contributed by atoms with Gasteiger partial charge in [0.25, 0.3) is 5.79 Å². The van der Waals surface area contributed by atoms with E-state index in [1.165, 1.54) is 38.1 Å². The van der Waals surface area contributed by atoms with Gasteiger partial charge in [0.1, 0.15) is 5.75 Å². The predicted octanol–water partition coefficient (Wildman–Crippen LogP) is 2.76. The molecular formula is C15H14F3NO5. The Bertz CT molecular complexity index is 660. The van der Waals surface area contributed by atoms with Gasteiger partial charge < -0.3 is 19.5 Å². The van der Waals surface area contributed by atoms with Crippen molar-refractivity contribution >= 4 is 17.6 Å². The highest BCUT2D eigenvalue weighted by molar-refractivity contribution is 6.15. The lowest BCUT2D eigenvalue weighted by molar-refractivity contribution is -0.222. The molecule has 1 aromatic carbocycles. The molecule has 2 rings (SSSR count). The summed E-state index contributed by atoms with van der Waals surface area (Å²) in [5.41, 5.74) is -0.0523. The first-order valence-electron chi connectivity index (χ1n) is 6.79. The molecule has 0 spiro atoms. The van der Waals surface area contributed by atoms with Crippen LogP contribution >= 0.6 is 0 Å². The molecule has 130 valence electrons. The Kier molecular flexibility index (Phi) is 4.72. The Morgan fingerprint density at radius 1 is 1.21 bits per heavy atom. The molecule has 6 nitrogen and oxygen atoms in total. The van der Waals surface area contributed by atoms with Gasteiger partial charge in [0, 0.05) is 31.8 Å². The van der Waals surface area contributed by atoms with Gasteiger partial charge in [-0.05, 0) is 12.1 Å². The van der Waals surface area contributed by atoms with Crippen LogP contribution in [-0.4, -0.2) is 30.5 Å². The van der Waals surface area contributed by atoms with Gasteiger partial charge in [-0.2, -0.15) is 13.2 Å². The zero-order valence-corrected chi connectivity index (χ0v) is 12.8. The molecule has 24 heavy (non-hydrogen) atoms. The van der Waals surface area contributed by atoms with Crippen molar-refractivity contribution in [3.8, 4) is 5.75 Å². The van der Waals surface area contributed by atoms with Gasteiger partial charge in [0.2, 0.25) is 0 Å². The molecule has 0 unspecified atom stereocenters. The summed E-state index contributed by atoms with van der Waals surface area (Å²) < 4.78 is 50.8. The van der Waals surface area contributed by atoms with E-state index in [0.29, 0.717) is 5.69 Å². The van der Waals surface area contributed by atoms with Crippen LogP contribution in [0.2, 0.25) is 0 Å². The summed E-state index contributed by atoms with van der Waals surface area (Å²) in [5, 5.41) is 2.62. The summed E-state index contributed by atoms with van der Waals surface area (Å²) in [6.07, 6.45) is -3.39. The summed E-state index contributed by atoms with van der Waals surface area (Å²) in [5.74, 6) is -3.11. The average Bonchev–Trinajstić information content (AvgIpc) is 2.43. The number of carbonyl (C=O) groups excluding carboxylic acids is 2. The van der Waals surface area contributed by atoms with E-state index in [1.54, 1.807) is 0 Å². The quantitative estimate of drug-likeness (QED) is 0.514.